The summed E-state index contributed by atoms with van der Waals surface area (Å²) in [4.78, 5) is 0. The molecule has 0 heterocycles. The molecule has 0 fully saturated rings. The first-order chi connectivity index (χ1) is 8.72. The van der Waals surface area contributed by atoms with E-state index in [1.54, 1.807) is 0 Å². The second kappa shape index (κ2) is 8.91. The Balaban J connectivity index is 2.07. The molecule has 0 bridgehead atoms. The zero-order chi connectivity index (χ0) is 13.2. The van der Waals surface area contributed by atoms with Crippen LogP contribution >= 0.6 is 0 Å². The van der Waals surface area contributed by atoms with E-state index in [0.717, 1.165) is 5.75 Å². The minimum Gasteiger partial charge on any atom is -0.491 e. The summed E-state index contributed by atoms with van der Waals surface area (Å²) in [6, 6.07) is 9.98. The molecule has 1 aromatic rings. The fraction of sp³-hybridized carbons (Fsp3) is 0.571. The molecule has 1 aromatic carbocycles. The second-order valence-electron chi connectivity index (χ2n) is 4.44. The highest BCUT2D eigenvalue weighted by Gasteiger charge is 2.08. The Morgan fingerprint density at radius 3 is 2.50 bits per heavy atom. The van der Waals surface area contributed by atoms with E-state index >= 15 is 0 Å². The van der Waals surface area contributed by atoms with Crippen LogP contribution in [0.3, 0.4) is 0 Å². The number of hydrogen-bond donors (Lipinski definition) is 2. The van der Waals surface area contributed by atoms with Crippen molar-refractivity contribution in [3.8, 4) is 5.75 Å². The van der Waals surface area contributed by atoms with Crippen LogP contribution in [0.4, 0.5) is 0 Å². The lowest BCUT2D eigenvalue weighted by Crippen LogP contribution is -2.41. The number of aliphatic hydroxyl groups is 1. The van der Waals surface area contributed by atoms with Gasteiger partial charge in [-0.25, -0.2) is 0 Å². The first-order valence-electron chi connectivity index (χ1n) is 6.35. The summed E-state index contributed by atoms with van der Waals surface area (Å²) in [6.07, 6.45) is 0. The molecule has 1 atom stereocenters. The van der Waals surface area contributed by atoms with Crippen molar-refractivity contribution in [3.63, 3.8) is 0 Å². The van der Waals surface area contributed by atoms with Crippen LogP contribution in [0.25, 0.3) is 0 Å². The number of rotatable bonds is 9. The Morgan fingerprint density at radius 2 is 1.89 bits per heavy atom. The van der Waals surface area contributed by atoms with Gasteiger partial charge < -0.3 is 19.9 Å². The van der Waals surface area contributed by atoms with E-state index in [-0.39, 0.29) is 12.6 Å². The standard InChI is InChI=1S/C14H23NO3/c1-12(2)15-13(10-16)11-17-8-9-18-14-6-4-3-5-7-14/h3-7,12-13,15-16H,8-11H2,1-2H3. The van der Waals surface area contributed by atoms with Crippen molar-refractivity contribution < 1.29 is 14.6 Å². The Bertz CT molecular complexity index is 303. The second-order valence-corrected chi connectivity index (χ2v) is 4.44. The summed E-state index contributed by atoms with van der Waals surface area (Å²) in [6.45, 7) is 5.70. The van der Waals surface area contributed by atoms with Gasteiger partial charge in [0, 0.05) is 6.04 Å². The number of para-hydroxylation sites is 1. The molecule has 2 N–H and O–H groups in total. The van der Waals surface area contributed by atoms with Crippen molar-refractivity contribution >= 4 is 0 Å². The van der Waals surface area contributed by atoms with Crippen LogP contribution in [0.1, 0.15) is 13.8 Å². The highest BCUT2D eigenvalue weighted by molar-refractivity contribution is 5.20. The number of aliphatic hydroxyl groups excluding tert-OH is 1. The summed E-state index contributed by atoms with van der Waals surface area (Å²) in [5.74, 6) is 0.847. The highest BCUT2D eigenvalue weighted by Crippen LogP contribution is 2.07. The van der Waals surface area contributed by atoms with Crippen LogP contribution < -0.4 is 10.1 Å². The predicted octanol–water partition coefficient (Wildman–Crippen LogP) is 1.44. The molecule has 0 radical (unpaired) electrons. The van der Waals surface area contributed by atoms with Crippen LogP contribution in [0, 0.1) is 0 Å². The molecule has 0 aromatic heterocycles. The Hall–Kier alpha value is -1.10. The zero-order valence-electron chi connectivity index (χ0n) is 11.1. The van der Waals surface area contributed by atoms with Gasteiger partial charge in [-0.3, -0.25) is 0 Å². The van der Waals surface area contributed by atoms with E-state index in [0.29, 0.717) is 25.9 Å². The summed E-state index contributed by atoms with van der Waals surface area (Å²) in [5, 5.41) is 12.4. The Labute approximate surface area is 109 Å². The van der Waals surface area contributed by atoms with Gasteiger partial charge in [0.05, 0.1) is 25.9 Å². The third-order valence-electron chi connectivity index (χ3n) is 2.35. The fourth-order valence-corrected chi connectivity index (χ4v) is 1.59. The van der Waals surface area contributed by atoms with Gasteiger partial charge in [0.15, 0.2) is 0 Å². The number of ether oxygens (including phenoxy) is 2. The van der Waals surface area contributed by atoms with Crippen molar-refractivity contribution in [2.24, 2.45) is 0 Å². The Kier molecular flexibility index (Phi) is 7.41. The minimum atomic E-state index is -0.0123. The molecule has 1 rings (SSSR count). The molecule has 4 nitrogen and oxygen atoms in total. The molecular formula is C14H23NO3. The smallest absolute Gasteiger partial charge is 0.119 e. The molecule has 0 aliphatic heterocycles. The van der Waals surface area contributed by atoms with Crippen LogP contribution in [-0.4, -0.2) is 43.6 Å². The van der Waals surface area contributed by atoms with Gasteiger partial charge in [-0.05, 0) is 12.1 Å². The third-order valence-corrected chi connectivity index (χ3v) is 2.35. The number of hydrogen-bond acceptors (Lipinski definition) is 4. The van der Waals surface area contributed by atoms with E-state index < -0.39 is 0 Å². The maximum Gasteiger partial charge on any atom is 0.119 e. The zero-order valence-corrected chi connectivity index (χ0v) is 11.1. The predicted molar refractivity (Wildman–Crippen MR) is 71.9 cm³/mol. The lowest BCUT2D eigenvalue weighted by atomic mass is 10.3. The van der Waals surface area contributed by atoms with Crippen LogP contribution in [0.15, 0.2) is 30.3 Å². The molecule has 0 spiro atoms. The largest absolute Gasteiger partial charge is 0.491 e. The van der Waals surface area contributed by atoms with Crippen LogP contribution in [0.2, 0.25) is 0 Å². The highest BCUT2D eigenvalue weighted by atomic mass is 16.5. The molecular weight excluding hydrogens is 230 g/mol. The summed E-state index contributed by atoms with van der Waals surface area (Å²) < 4.78 is 11.0. The SMILES string of the molecule is CC(C)NC(CO)COCCOc1ccccc1. The van der Waals surface area contributed by atoms with Gasteiger partial charge in [-0.2, -0.15) is 0 Å². The molecule has 4 heteroatoms. The van der Waals surface area contributed by atoms with Crippen molar-refractivity contribution in [1.82, 2.24) is 5.32 Å². The average Bonchev–Trinajstić information content (AvgIpc) is 2.37. The van der Waals surface area contributed by atoms with Gasteiger partial charge in [0.1, 0.15) is 12.4 Å². The minimum absolute atomic E-state index is 0.0123. The van der Waals surface area contributed by atoms with Gasteiger partial charge in [-0.1, -0.05) is 32.0 Å². The number of benzene rings is 1. The lowest BCUT2D eigenvalue weighted by Gasteiger charge is -2.19. The van der Waals surface area contributed by atoms with E-state index in [1.807, 2.05) is 44.2 Å². The van der Waals surface area contributed by atoms with Crippen molar-refractivity contribution in [1.29, 1.82) is 0 Å². The van der Waals surface area contributed by atoms with Crippen LogP contribution in [-0.2, 0) is 4.74 Å². The fourth-order valence-electron chi connectivity index (χ4n) is 1.59. The van der Waals surface area contributed by atoms with E-state index in [4.69, 9.17) is 14.6 Å². The number of nitrogens with one attached hydrogen (secondary N) is 1. The molecule has 0 aliphatic rings. The quantitative estimate of drug-likeness (QED) is 0.654. The maximum atomic E-state index is 9.14. The molecule has 0 aliphatic carbocycles. The first-order valence-corrected chi connectivity index (χ1v) is 6.35. The first kappa shape index (κ1) is 15.0. The van der Waals surface area contributed by atoms with Gasteiger partial charge in [-0.15, -0.1) is 0 Å². The van der Waals surface area contributed by atoms with Gasteiger partial charge in [0.25, 0.3) is 0 Å². The monoisotopic (exact) mass is 253 g/mol. The molecule has 0 amide bonds. The van der Waals surface area contributed by atoms with Crippen molar-refractivity contribution in [2.75, 3.05) is 26.4 Å². The third kappa shape index (κ3) is 6.59. The normalized spacial score (nSPS) is 12.7. The Morgan fingerprint density at radius 1 is 1.17 bits per heavy atom. The van der Waals surface area contributed by atoms with Gasteiger partial charge >= 0.3 is 0 Å². The van der Waals surface area contributed by atoms with E-state index in [9.17, 15) is 0 Å². The average molecular weight is 253 g/mol. The van der Waals surface area contributed by atoms with Crippen molar-refractivity contribution in [3.05, 3.63) is 30.3 Å². The summed E-state index contributed by atoms with van der Waals surface area (Å²) in [5.41, 5.74) is 0. The lowest BCUT2D eigenvalue weighted by molar-refractivity contribution is 0.0657. The molecule has 0 saturated carbocycles. The van der Waals surface area contributed by atoms with Gasteiger partial charge in [0.2, 0.25) is 0 Å². The van der Waals surface area contributed by atoms with Crippen molar-refractivity contribution in [2.45, 2.75) is 25.9 Å². The molecule has 102 valence electrons. The van der Waals surface area contributed by atoms with E-state index in [2.05, 4.69) is 5.32 Å². The summed E-state index contributed by atoms with van der Waals surface area (Å²) in [7, 11) is 0. The molecule has 0 saturated heterocycles. The van der Waals surface area contributed by atoms with E-state index in [1.165, 1.54) is 0 Å². The summed E-state index contributed by atoms with van der Waals surface area (Å²) >= 11 is 0. The molecule has 18 heavy (non-hydrogen) atoms. The topological polar surface area (TPSA) is 50.7 Å². The molecule has 1 unspecified atom stereocenters. The maximum absolute atomic E-state index is 9.14. The van der Waals surface area contributed by atoms with Crippen LogP contribution in [0.5, 0.6) is 5.75 Å².